The van der Waals surface area contributed by atoms with Crippen molar-refractivity contribution in [3.05, 3.63) is 20.8 Å². The Morgan fingerprint density at radius 1 is 1.10 bits per heavy atom. The molecule has 0 fully saturated rings. The number of unbranched alkanes of at least 4 members (excludes halogenated alkanes) is 3. The summed E-state index contributed by atoms with van der Waals surface area (Å²) in [6.45, 7) is 5.41. The maximum absolute atomic E-state index is 12.1. The van der Waals surface area contributed by atoms with Crippen molar-refractivity contribution >= 4 is 11.5 Å². The molecule has 0 aliphatic heterocycles. The van der Waals surface area contributed by atoms with Crippen LogP contribution in [0.15, 0.2) is 9.59 Å². The number of nitrogen functional groups attached to an aromatic ring is 1. The number of nitrogens with one attached hydrogen (secondary N) is 1. The number of hydrogen-bond acceptors (Lipinski definition) is 4. The van der Waals surface area contributed by atoms with Crippen molar-refractivity contribution in [1.82, 2.24) is 9.13 Å². The number of aromatic nitrogens is 2. The zero-order valence-electron chi connectivity index (χ0n) is 12.7. The molecular formula is C14H26N4O2. The van der Waals surface area contributed by atoms with Crippen molar-refractivity contribution in [3.63, 3.8) is 0 Å². The minimum absolute atomic E-state index is 0.253. The predicted molar refractivity (Wildman–Crippen MR) is 83.3 cm³/mol. The van der Waals surface area contributed by atoms with Gasteiger partial charge in [-0.3, -0.25) is 13.9 Å². The van der Waals surface area contributed by atoms with Crippen molar-refractivity contribution < 1.29 is 0 Å². The molecule has 1 aromatic heterocycles. The van der Waals surface area contributed by atoms with Gasteiger partial charge in [0.25, 0.3) is 5.56 Å². The van der Waals surface area contributed by atoms with E-state index in [9.17, 15) is 9.59 Å². The summed E-state index contributed by atoms with van der Waals surface area (Å²) in [6, 6.07) is 0. The molecule has 0 saturated carbocycles. The summed E-state index contributed by atoms with van der Waals surface area (Å²) >= 11 is 0. The van der Waals surface area contributed by atoms with E-state index in [1.165, 1.54) is 11.6 Å². The van der Waals surface area contributed by atoms with Crippen LogP contribution in [-0.4, -0.2) is 15.7 Å². The van der Waals surface area contributed by atoms with Crippen LogP contribution in [0.25, 0.3) is 0 Å². The topological polar surface area (TPSA) is 82.0 Å². The Bertz CT molecular complexity index is 545. The first-order chi connectivity index (χ1) is 9.54. The molecular weight excluding hydrogens is 256 g/mol. The predicted octanol–water partition coefficient (Wildman–Crippen LogP) is 1.53. The second-order valence-electron chi connectivity index (χ2n) is 5.05. The maximum Gasteiger partial charge on any atom is 0.332 e. The highest BCUT2D eigenvalue weighted by molar-refractivity contribution is 5.60. The van der Waals surface area contributed by atoms with Gasteiger partial charge in [0, 0.05) is 20.1 Å². The minimum Gasteiger partial charge on any atom is -0.383 e. The average molecular weight is 282 g/mol. The molecule has 114 valence electrons. The second-order valence-corrected chi connectivity index (χ2v) is 5.05. The maximum atomic E-state index is 12.1. The van der Waals surface area contributed by atoms with E-state index in [0.717, 1.165) is 36.7 Å². The van der Waals surface area contributed by atoms with Gasteiger partial charge in [0.1, 0.15) is 11.5 Å². The monoisotopic (exact) mass is 282 g/mol. The van der Waals surface area contributed by atoms with Gasteiger partial charge in [0.15, 0.2) is 0 Å². The molecule has 0 radical (unpaired) electrons. The van der Waals surface area contributed by atoms with Crippen LogP contribution in [0.4, 0.5) is 11.5 Å². The Labute approximate surface area is 119 Å². The first kappa shape index (κ1) is 16.3. The third-order valence-corrected chi connectivity index (χ3v) is 3.40. The Morgan fingerprint density at radius 3 is 2.35 bits per heavy atom. The molecule has 0 aliphatic carbocycles. The molecule has 0 saturated heterocycles. The number of hydrogen-bond donors (Lipinski definition) is 2. The van der Waals surface area contributed by atoms with E-state index in [2.05, 4.69) is 12.2 Å². The van der Waals surface area contributed by atoms with Crippen molar-refractivity contribution in [1.29, 1.82) is 0 Å². The quantitative estimate of drug-likeness (QED) is 0.708. The number of nitrogens with two attached hydrogens (primary N) is 1. The molecule has 0 atom stereocenters. The summed E-state index contributed by atoms with van der Waals surface area (Å²) in [4.78, 5) is 24.2. The minimum atomic E-state index is -0.350. The zero-order valence-corrected chi connectivity index (χ0v) is 12.7. The largest absolute Gasteiger partial charge is 0.383 e. The van der Waals surface area contributed by atoms with Gasteiger partial charge in [-0.15, -0.1) is 0 Å². The lowest BCUT2D eigenvalue weighted by molar-refractivity contribution is 0.575. The molecule has 0 amide bonds. The SMILES string of the molecule is CCCCCNc1c(N)n(CCCC)c(=O)n(C)c1=O. The van der Waals surface area contributed by atoms with Crippen molar-refractivity contribution in [3.8, 4) is 0 Å². The fourth-order valence-electron chi connectivity index (χ4n) is 2.07. The Balaban J connectivity index is 3.07. The highest BCUT2D eigenvalue weighted by atomic mass is 16.2. The van der Waals surface area contributed by atoms with Crippen LogP contribution in [0.2, 0.25) is 0 Å². The lowest BCUT2D eigenvalue weighted by Crippen LogP contribution is -2.40. The molecule has 0 aliphatic rings. The zero-order chi connectivity index (χ0) is 15.1. The number of anilines is 2. The van der Waals surface area contributed by atoms with Gasteiger partial charge in [-0.1, -0.05) is 33.1 Å². The fraction of sp³-hybridized carbons (Fsp3) is 0.714. The lowest BCUT2D eigenvalue weighted by Gasteiger charge is -2.15. The molecule has 20 heavy (non-hydrogen) atoms. The molecule has 6 heteroatoms. The standard InChI is InChI=1S/C14H26N4O2/c1-4-6-8-9-16-11-12(15)18(10-7-5-2)14(20)17(3)13(11)19/h16H,4-10,15H2,1-3H3. The molecule has 0 unspecified atom stereocenters. The summed E-state index contributed by atoms with van der Waals surface area (Å²) in [7, 11) is 1.49. The summed E-state index contributed by atoms with van der Waals surface area (Å²) < 4.78 is 2.60. The van der Waals surface area contributed by atoms with Crippen LogP contribution in [0, 0.1) is 0 Å². The van der Waals surface area contributed by atoms with Gasteiger partial charge < -0.3 is 11.1 Å². The van der Waals surface area contributed by atoms with Gasteiger partial charge in [-0.2, -0.15) is 0 Å². The summed E-state index contributed by atoms with van der Waals surface area (Å²) in [6.07, 6.45) is 5.02. The average Bonchev–Trinajstić information content (AvgIpc) is 2.44. The molecule has 1 rings (SSSR count). The van der Waals surface area contributed by atoms with Gasteiger partial charge in [-0.25, -0.2) is 4.79 Å². The van der Waals surface area contributed by atoms with Crippen LogP contribution < -0.4 is 22.3 Å². The lowest BCUT2D eigenvalue weighted by atomic mass is 10.2. The molecule has 0 spiro atoms. The Kier molecular flexibility index (Phi) is 6.35. The third-order valence-electron chi connectivity index (χ3n) is 3.40. The third kappa shape index (κ3) is 3.65. The normalized spacial score (nSPS) is 10.8. The van der Waals surface area contributed by atoms with Crippen LogP contribution in [-0.2, 0) is 13.6 Å². The van der Waals surface area contributed by atoms with Crippen molar-refractivity contribution in [2.45, 2.75) is 52.5 Å². The van der Waals surface area contributed by atoms with E-state index in [-0.39, 0.29) is 17.1 Å². The summed E-state index contributed by atoms with van der Waals surface area (Å²) in [5, 5.41) is 3.08. The molecule has 6 nitrogen and oxygen atoms in total. The molecule has 0 aromatic carbocycles. The highest BCUT2D eigenvalue weighted by Crippen LogP contribution is 2.11. The second kappa shape index (κ2) is 7.77. The van der Waals surface area contributed by atoms with E-state index in [1.807, 2.05) is 6.92 Å². The number of nitrogens with zero attached hydrogens (tertiary/aromatic N) is 2. The summed E-state index contributed by atoms with van der Waals surface area (Å²) in [5.41, 5.74) is 5.65. The van der Waals surface area contributed by atoms with Gasteiger partial charge in [0.2, 0.25) is 0 Å². The van der Waals surface area contributed by atoms with Gasteiger partial charge >= 0.3 is 5.69 Å². The highest BCUT2D eigenvalue weighted by Gasteiger charge is 2.14. The van der Waals surface area contributed by atoms with Crippen LogP contribution in [0.1, 0.15) is 46.0 Å². The molecule has 3 N–H and O–H groups in total. The van der Waals surface area contributed by atoms with E-state index in [0.29, 0.717) is 18.8 Å². The molecule has 1 heterocycles. The van der Waals surface area contributed by atoms with E-state index >= 15 is 0 Å². The van der Waals surface area contributed by atoms with Crippen molar-refractivity contribution in [2.75, 3.05) is 17.6 Å². The first-order valence-electron chi connectivity index (χ1n) is 7.37. The first-order valence-corrected chi connectivity index (χ1v) is 7.37. The van der Waals surface area contributed by atoms with Crippen LogP contribution >= 0.6 is 0 Å². The van der Waals surface area contributed by atoms with Crippen LogP contribution in [0.5, 0.6) is 0 Å². The van der Waals surface area contributed by atoms with Gasteiger partial charge in [-0.05, 0) is 12.8 Å². The number of rotatable bonds is 8. The Hall–Kier alpha value is -1.72. The van der Waals surface area contributed by atoms with Gasteiger partial charge in [0.05, 0.1) is 0 Å². The summed E-state index contributed by atoms with van der Waals surface area (Å²) in [5.74, 6) is 0.253. The molecule has 1 aromatic rings. The van der Waals surface area contributed by atoms with E-state index in [1.54, 1.807) is 0 Å². The fourth-order valence-corrected chi connectivity index (χ4v) is 2.07. The van der Waals surface area contributed by atoms with E-state index in [4.69, 9.17) is 5.73 Å². The van der Waals surface area contributed by atoms with E-state index < -0.39 is 0 Å². The smallest absolute Gasteiger partial charge is 0.332 e. The van der Waals surface area contributed by atoms with Crippen LogP contribution in [0.3, 0.4) is 0 Å². The Morgan fingerprint density at radius 2 is 1.75 bits per heavy atom. The van der Waals surface area contributed by atoms with Crippen molar-refractivity contribution in [2.24, 2.45) is 7.05 Å². The molecule has 0 bridgehead atoms.